The van der Waals surface area contributed by atoms with Crippen molar-refractivity contribution in [1.29, 1.82) is 0 Å². The molecule has 0 aliphatic carbocycles. The molecule has 2 nitrogen and oxygen atoms in total. The molecule has 1 aromatic heterocycles. The third-order valence-corrected chi connectivity index (χ3v) is 2.43. The van der Waals surface area contributed by atoms with Crippen LogP contribution in [0, 0.1) is 13.8 Å². The van der Waals surface area contributed by atoms with Gasteiger partial charge in [0.05, 0.1) is 0 Å². The number of nitrogens with one attached hydrogen (secondary N) is 1. The van der Waals surface area contributed by atoms with Crippen molar-refractivity contribution < 1.29 is 0 Å². The molecule has 0 aromatic carbocycles. The van der Waals surface area contributed by atoms with E-state index >= 15 is 0 Å². The zero-order valence-corrected chi connectivity index (χ0v) is 10.1. The second-order valence-electron chi connectivity index (χ2n) is 4.16. The van der Waals surface area contributed by atoms with Gasteiger partial charge in [0, 0.05) is 12.2 Å². The van der Waals surface area contributed by atoms with Gasteiger partial charge in [0.25, 0.3) is 0 Å². The van der Waals surface area contributed by atoms with Crippen LogP contribution in [0.4, 0.5) is 5.82 Å². The number of aryl methyl sites for hydroxylation is 2. The smallest absolute Gasteiger partial charge is 0.126 e. The molecule has 0 fully saturated rings. The molecule has 0 unspecified atom stereocenters. The Hall–Kier alpha value is -1.05. The quantitative estimate of drug-likeness (QED) is 0.718. The fourth-order valence-corrected chi connectivity index (χ4v) is 1.70. The molecule has 0 saturated carbocycles. The van der Waals surface area contributed by atoms with Crippen molar-refractivity contribution in [3.05, 3.63) is 23.4 Å². The first-order valence-electron chi connectivity index (χ1n) is 5.91. The third-order valence-electron chi connectivity index (χ3n) is 2.43. The molecular formula is C13H22N2. The number of rotatable bonds is 6. The van der Waals surface area contributed by atoms with Crippen LogP contribution >= 0.6 is 0 Å². The van der Waals surface area contributed by atoms with E-state index in [0.717, 1.165) is 18.1 Å². The zero-order chi connectivity index (χ0) is 11.1. The summed E-state index contributed by atoms with van der Waals surface area (Å²) in [5, 5.41) is 3.37. The van der Waals surface area contributed by atoms with Gasteiger partial charge in [-0.15, -0.1) is 0 Å². The van der Waals surface area contributed by atoms with Crippen LogP contribution in [0.1, 0.15) is 43.9 Å². The summed E-state index contributed by atoms with van der Waals surface area (Å²) in [5.41, 5.74) is 2.37. The van der Waals surface area contributed by atoms with E-state index in [9.17, 15) is 0 Å². The lowest BCUT2D eigenvalue weighted by atomic mass is 10.2. The van der Waals surface area contributed by atoms with Crippen molar-refractivity contribution in [2.45, 2.75) is 46.5 Å². The number of pyridine rings is 1. The highest BCUT2D eigenvalue weighted by Crippen LogP contribution is 2.09. The first-order valence-corrected chi connectivity index (χ1v) is 5.91. The molecule has 0 atom stereocenters. The molecule has 15 heavy (non-hydrogen) atoms. The van der Waals surface area contributed by atoms with Crippen molar-refractivity contribution in [1.82, 2.24) is 4.98 Å². The van der Waals surface area contributed by atoms with Gasteiger partial charge in [-0.25, -0.2) is 4.98 Å². The lowest BCUT2D eigenvalue weighted by Gasteiger charge is -2.07. The molecule has 84 valence electrons. The molecule has 1 heterocycles. The van der Waals surface area contributed by atoms with E-state index in [4.69, 9.17) is 0 Å². The summed E-state index contributed by atoms with van der Waals surface area (Å²) in [6.45, 7) is 7.42. The van der Waals surface area contributed by atoms with Crippen molar-refractivity contribution >= 4 is 5.82 Å². The van der Waals surface area contributed by atoms with E-state index in [1.165, 1.54) is 31.2 Å². The summed E-state index contributed by atoms with van der Waals surface area (Å²) < 4.78 is 0. The number of nitrogens with zero attached hydrogens (tertiary/aromatic N) is 1. The van der Waals surface area contributed by atoms with E-state index in [2.05, 4.69) is 36.3 Å². The number of hydrogen-bond acceptors (Lipinski definition) is 2. The van der Waals surface area contributed by atoms with Crippen LogP contribution in [0.25, 0.3) is 0 Å². The molecule has 0 aliphatic rings. The minimum Gasteiger partial charge on any atom is -0.370 e. The molecule has 0 aliphatic heterocycles. The van der Waals surface area contributed by atoms with Crippen LogP contribution in [0.5, 0.6) is 0 Å². The predicted octanol–water partition coefficient (Wildman–Crippen LogP) is 3.69. The first kappa shape index (κ1) is 12.0. The Morgan fingerprint density at radius 1 is 1.13 bits per heavy atom. The maximum Gasteiger partial charge on any atom is 0.126 e. The van der Waals surface area contributed by atoms with Crippen LogP contribution in [0.15, 0.2) is 12.1 Å². The Balaban J connectivity index is 2.31. The summed E-state index contributed by atoms with van der Waals surface area (Å²) in [7, 11) is 0. The molecular weight excluding hydrogens is 184 g/mol. The highest BCUT2D eigenvalue weighted by Gasteiger charge is 1.96. The average molecular weight is 206 g/mol. The average Bonchev–Trinajstić information content (AvgIpc) is 2.16. The molecule has 0 spiro atoms. The van der Waals surface area contributed by atoms with Crippen LogP contribution in [-0.2, 0) is 0 Å². The number of aromatic nitrogens is 1. The topological polar surface area (TPSA) is 24.9 Å². The van der Waals surface area contributed by atoms with Gasteiger partial charge in [-0.1, -0.05) is 26.2 Å². The monoisotopic (exact) mass is 206 g/mol. The molecule has 2 heteroatoms. The second kappa shape index (κ2) is 6.44. The van der Waals surface area contributed by atoms with Crippen molar-refractivity contribution in [2.75, 3.05) is 11.9 Å². The fraction of sp³-hybridized carbons (Fsp3) is 0.615. The number of unbranched alkanes of at least 4 members (excludes halogenated alkanes) is 3. The predicted molar refractivity (Wildman–Crippen MR) is 66.3 cm³/mol. The van der Waals surface area contributed by atoms with Gasteiger partial charge in [0.1, 0.15) is 5.82 Å². The van der Waals surface area contributed by atoms with Gasteiger partial charge in [-0.05, 0) is 38.0 Å². The normalized spacial score (nSPS) is 10.3. The van der Waals surface area contributed by atoms with Crippen LogP contribution < -0.4 is 5.32 Å². The van der Waals surface area contributed by atoms with Crippen molar-refractivity contribution in [3.63, 3.8) is 0 Å². The van der Waals surface area contributed by atoms with Crippen LogP contribution in [0.3, 0.4) is 0 Å². The summed E-state index contributed by atoms with van der Waals surface area (Å²) in [6.07, 6.45) is 5.18. The summed E-state index contributed by atoms with van der Waals surface area (Å²) in [5.74, 6) is 1.02. The molecule has 1 rings (SSSR count). The Morgan fingerprint density at radius 2 is 1.93 bits per heavy atom. The fourth-order valence-electron chi connectivity index (χ4n) is 1.70. The second-order valence-corrected chi connectivity index (χ2v) is 4.16. The minimum absolute atomic E-state index is 1.02. The minimum atomic E-state index is 1.02. The maximum absolute atomic E-state index is 4.44. The highest BCUT2D eigenvalue weighted by atomic mass is 15.0. The summed E-state index contributed by atoms with van der Waals surface area (Å²) in [4.78, 5) is 4.44. The number of hydrogen-bond donors (Lipinski definition) is 1. The highest BCUT2D eigenvalue weighted by molar-refractivity contribution is 5.38. The van der Waals surface area contributed by atoms with E-state index in [0.29, 0.717) is 0 Å². The van der Waals surface area contributed by atoms with E-state index in [1.54, 1.807) is 0 Å². The summed E-state index contributed by atoms with van der Waals surface area (Å²) >= 11 is 0. The zero-order valence-electron chi connectivity index (χ0n) is 10.1. The number of anilines is 1. The van der Waals surface area contributed by atoms with Crippen molar-refractivity contribution in [2.24, 2.45) is 0 Å². The molecule has 1 aromatic rings. The molecule has 0 amide bonds. The van der Waals surface area contributed by atoms with Crippen LogP contribution in [-0.4, -0.2) is 11.5 Å². The Bertz CT molecular complexity index is 274. The lowest BCUT2D eigenvalue weighted by molar-refractivity contribution is 0.684. The lowest BCUT2D eigenvalue weighted by Crippen LogP contribution is -2.04. The van der Waals surface area contributed by atoms with Gasteiger partial charge in [0.15, 0.2) is 0 Å². The molecule has 0 bridgehead atoms. The largest absolute Gasteiger partial charge is 0.370 e. The molecule has 0 saturated heterocycles. The third kappa shape index (κ3) is 4.82. The van der Waals surface area contributed by atoms with E-state index in [-0.39, 0.29) is 0 Å². The van der Waals surface area contributed by atoms with Gasteiger partial charge in [0.2, 0.25) is 0 Å². The maximum atomic E-state index is 4.44. The Labute approximate surface area is 93.1 Å². The van der Waals surface area contributed by atoms with E-state index < -0.39 is 0 Å². The van der Waals surface area contributed by atoms with Gasteiger partial charge < -0.3 is 5.32 Å². The Morgan fingerprint density at radius 3 is 2.60 bits per heavy atom. The van der Waals surface area contributed by atoms with Gasteiger partial charge >= 0.3 is 0 Å². The summed E-state index contributed by atoms with van der Waals surface area (Å²) in [6, 6.07) is 4.20. The SMILES string of the molecule is CCCCCCNc1cc(C)cc(C)n1. The standard InChI is InChI=1S/C13H22N2/c1-4-5-6-7-8-14-13-10-11(2)9-12(3)15-13/h9-10H,4-8H2,1-3H3,(H,14,15). The first-order chi connectivity index (χ1) is 7.22. The van der Waals surface area contributed by atoms with Gasteiger partial charge in [-0.3, -0.25) is 0 Å². The molecule has 1 N–H and O–H groups in total. The van der Waals surface area contributed by atoms with Gasteiger partial charge in [-0.2, -0.15) is 0 Å². The Kier molecular flexibility index (Phi) is 5.16. The van der Waals surface area contributed by atoms with Crippen LogP contribution in [0.2, 0.25) is 0 Å². The van der Waals surface area contributed by atoms with E-state index in [1.807, 2.05) is 6.92 Å². The molecule has 0 radical (unpaired) electrons. The van der Waals surface area contributed by atoms with Crippen molar-refractivity contribution in [3.8, 4) is 0 Å².